The molecule has 3 atom stereocenters. The Morgan fingerprint density at radius 3 is 2.62 bits per heavy atom. The van der Waals surface area contributed by atoms with Crippen LogP contribution in [0.5, 0.6) is 0 Å². The zero-order chi connectivity index (χ0) is 21.4. The predicted octanol–water partition coefficient (Wildman–Crippen LogP) is 3.75. The number of rotatable bonds is 4. The Balaban J connectivity index is 0.00000245. The van der Waals surface area contributed by atoms with Crippen molar-refractivity contribution in [2.45, 2.75) is 18.4 Å². The second kappa shape index (κ2) is 9.27. The number of aromatic nitrogens is 1. The molecule has 0 aliphatic carbocycles. The molecule has 1 amide bonds. The summed E-state index contributed by atoms with van der Waals surface area (Å²) in [6.45, 7) is 2.10. The van der Waals surface area contributed by atoms with E-state index in [0.29, 0.717) is 23.9 Å². The monoisotopic (exact) mass is 453 g/mol. The quantitative estimate of drug-likeness (QED) is 0.632. The SMILES string of the molecule is Cl.O=C(NC[C@H]1[C@@H]2CNC[C@@H](C2)c2cccc(=O)n21)c1ccccc1-c1ccc(F)cc1. The standard InChI is InChI=1S/C25H24FN3O2.ClH/c26-19-10-8-16(9-11-19)20-4-1-2-5-21(20)25(31)28-15-23-18-12-17(13-27-14-18)22-6-3-7-24(30)29(22)23;/h1-11,17-18,23,27H,12-15H2,(H,28,31);1H/t17-,18+,23+;/m1./s1. The number of pyridine rings is 1. The first-order valence-corrected chi connectivity index (χ1v) is 10.7. The number of hydrogen-bond acceptors (Lipinski definition) is 3. The highest BCUT2D eigenvalue weighted by Crippen LogP contribution is 2.38. The van der Waals surface area contributed by atoms with Crippen molar-refractivity contribution in [1.82, 2.24) is 15.2 Å². The summed E-state index contributed by atoms with van der Waals surface area (Å²) in [7, 11) is 0. The number of amides is 1. The van der Waals surface area contributed by atoms with Crippen LogP contribution in [0.15, 0.2) is 71.5 Å². The molecule has 3 heterocycles. The van der Waals surface area contributed by atoms with Gasteiger partial charge in [-0.2, -0.15) is 0 Å². The molecule has 2 aliphatic heterocycles. The number of nitrogens with zero attached hydrogens (tertiary/aromatic N) is 1. The van der Waals surface area contributed by atoms with Crippen LogP contribution >= 0.6 is 12.4 Å². The van der Waals surface area contributed by atoms with E-state index < -0.39 is 0 Å². The van der Waals surface area contributed by atoms with E-state index in [2.05, 4.69) is 10.6 Å². The molecule has 1 aromatic heterocycles. The van der Waals surface area contributed by atoms with Crippen molar-refractivity contribution in [1.29, 1.82) is 0 Å². The Morgan fingerprint density at radius 1 is 1.03 bits per heavy atom. The van der Waals surface area contributed by atoms with E-state index >= 15 is 0 Å². The first-order chi connectivity index (χ1) is 15.1. The van der Waals surface area contributed by atoms with Gasteiger partial charge >= 0.3 is 0 Å². The lowest BCUT2D eigenvalue weighted by Crippen LogP contribution is -2.50. The largest absolute Gasteiger partial charge is 0.350 e. The van der Waals surface area contributed by atoms with E-state index in [9.17, 15) is 14.0 Å². The Labute approximate surface area is 192 Å². The number of benzene rings is 2. The number of hydrogen-bond donors (Lipinski definition) is 2. The van der Waals surface area contributed by atoms with Crippen LogP contribution in [0.3, 0.4) is 0 Å². The molecule has 0 radical (unpaired) electrons. The first kappa shape index (κ1) is 22.2. The number of halogens is 2. The summed E-state index contributed by atoms with van der Waals surface area (Å²) >= 11 is 0. The van der Waals surface area contributed by atoms with Crippen LogP contribution in [-0.2, 0) is 0 Å². The third kappa shape index (κ3) is 4.08. The minimum Gasteiger partial charge on any atom is -0.350 e. The van der Waals surface area contributed by atoms with E-state index in [-0.39, 0.29) is 35.7 Å². The molecular weight excluding hydrogens is 429 g/mol. The molecular formula is C25H25ClFN3O2. The maximum absolute atomic E-state index is 13.3. The van der Waals surface area contributed by atoms with Gasteiger partial charge in [-0.15, -0.1) is 12.4 Å². The van der Waals surface area contributed by atoms with Gasteiger partial charge in [0.15, 0.2) is 0 Å². The first-order valence-electron chi connectivity index (χ1n) is 10.7. The molecule has 5 rings (SSSR count). The molecule has 0 spiro atoms. The van der Waals surface area contributed by atoms with Gasteiger partial charge in [-0.25, -0.2) is 4.39 Å². The summed E-state index contributed by atoms with van der Waals surface area (Å²) in [5, 5.41) is 6.53. The molecule has 2 N–H and O–H groups in total. The maximum Gasteiger partial charge on any atom is 0.251 e. The molecule has 2 aliphatic rings. The molecule has 2 aromatic carbocycles. The van der Waals surface area contributed by atoms with Gasteiger partial charge in [0.25, 0.3) is 11.5 Å². The molecule has 166 valence electrons. The highest BCUT2D eigenvalue weighted by Gasteiger charge is 2.37. The van der Waals surface area contributed by atoms with Crippen molar-refractivity contribution in [3.05, 3.63) is 94.2 Å². The maximum atomic E-state index is 13.3. The number of fused-ring (bicyclic) bond motifs is 4. The van der Waals surface area contributed by atoms with Crippen LogP contribution in [0.1, 0.15) is 34.4 Å². The summed E-state index contributed by atoms with van der Waals surface area (Å²) in [5.74, 6) is 0.112. The number of nitrogens with one attached hydrogen (secondary N) is 2. The molecule has 2 bridgehead atoms. The van der Waals surface area contributed by atoms with Crippen molar-refractivity contribution in [2.24, 2.45) is 5.92 Å². The van der Waals surface area contributed by atoms with E-state index in [0.717, 1.165) is 36.3 Å². The van der Waals surface area contributed by atoms with Crippen LogP contribution in [0.25, 0.3) is 11.1 Å². The Kier molecular flexibility index (Phi) is 6.44. The van der Waals surface area contributed by atoms with Gasteiger partial charge in [-0.05, 0) is 47.7 Å². The second-order valence-corrected chi connectivity index (χ2v) is 8.34. The highest BCUT2D eigenvalue weighted by molar-refractivity contribution is 6.00. The third-order valence-corrected chi connectivity index (χ3v) is 6.50. The minimum atomic E-state index is -0.313. The van der Waals surface area contributed by atoms with Gasteiger partial charge in [-0.1, -0.05) is 36.4 Å². The van der Waals surface area contributed by atoms with E-state index in [1.165, 1.54) is 12.1 Å². The van der Waals surface area contributed by atoms with E-state index in [4.69, 9.17) is 0 Å². The van der Waals surface area contributed by atoms with Crippen LogP contribution < -0.4 is 16.2 Å². The van der Waals surface area contributed by atoms with E-state index in [1.54, 1.807) is 24.3 Å². The van der Waals surface area contributed by atoms with E-state index in [1.807, 2.05) is 34.9 Å². The number of piperidine rings is 1. The zero-order valence-corrected chi connectivity index (χ0v) is 18.3. The topological polar surface area (TPSA) is 63.1 Å². The third-order valence-electron chi connectivity index (χ3n) is 6.50. The van der Waals surface area contributed by atoms with Gasteiger partial charge in [0, 0.05) is 42.9 Å². The fourth-order valence-electron chi connectivity index (χ4n) is 5.02. The molecule has 7 heteroatoms. The molecule has 1 saturated heterocycles. The van der Waals surface area contributed by atoms with Crippen molar-refractivity contribution >= 4 is 18.3 Å². The van der Waals surface area contributed by atoms with Crippen molar-refractivity contribution in [3.63, 3.8) is 0 Å². The summed E-state index contributed by atoms with van der Waals surface area (Å²) < 4.78 is 15.2. The second-order valence-electron chi connectivity index (χ2n) is 8.34. The molecule has 0 saturated carbocycles. The number of carbonyl (C=O) groups is 1. The highest BCUT2D eigenvalue weighted by atomic mass is 35.5. The summed E-state index contributed by atoms with van der Waals surface area (Å²) in [6, 6.07) is 18.8. The molecule has 5 nitrogen and oxygen atoms in total. The molecule has 1 fully saturated rings. The van der Waals surface area contributed by atoms with Crippen LogP contribution in [-0.4, -0.2) is 30.1 Å². The smallest absolute Gasteiger partial charge is 0.251 e. The Bertz CT molecular complexity index is 1180. The van der Waals surface area contributed by atoms with Crippen molar-refractivity contribution < 1.29 is 9.18 Å². The predicted molar refractivity (Wildman–Crippen MR) is 125 cm³/mol. The summed E-state index contributed by atoms with van der Waals surface area (Å²) in [4.78, 5) is 25.8. The lowest BCUT2D eigenvalue weighted by molar-refractivity contribution is 0.0933. The van der Waals surface area contributed by atoms with Gasteiger partial charge in [0.05, 0.1) is 6.04 Å². The molecule has 0 unspecified atom stereocenters. The number of carbonyl (C=O) groups excluding carboxylic acids is 1. The summed E-state index contributed by atoms with van der Waals surface area (Å²) in [5.41, 5.74) is 3.10. The Hall–Kier alpha value is -2.96. The molecule has 32 heavy (non-hydrogen) atoms. The van der Waals surface area contributed by atoms with Crippen LogP contribution in [0.4, 0.5) is 4.39 Å². The average molecular weight is 454 g/mol. The van der Waals surface area contributed by atoms with Crippen molar-refractivity contribution in [2.75, 3.05) is 19.6 Å². The van der Waals surface area contributed by atoms with Crippen molar-refractivity contribution in [3.8, 4) is 11.1 Å². The fourth-order valence-corrected chi connectivity index (χ4v) is 5.02. The normalized spacial score (nSPS) is 21.2. The van der Waals surface area contributed by atoms with Gasteiger partial charge in [0.2, 0.25) is 0 Å². The van der Waals surface area contributed by atoms with Gasteiger partial charge in [-0.3, -0.25) is 9.59 Å². The average Bonchev–Trinajstić information content (AvgIpc) is 2.80. The van der Waals surface area contributed by atoms with Crippen LogP contribution in [0, 0.1) is 11.7 Å². The van der Waals surface area contributed by atoms with Crippen LogP contribution in [0.2, 0.25) is 0 Å². The Morgan fingerprint density at radius 2 is 1.81 bits per heavy atom. The fraction of sp³-hybridized carbons (Fsp3) is 0.280. The van der Waals surface area contributed by atoms with Gasteiger partial charge in [0.1, 0.15) is 5.82 Å². The van der Waals surface area contributed by atoms with Gasteiger partial charge < -0.3 is 15.2 Å². The lowest BCUT2D eigenvalue weighted by atomic mass is 9.79. The lowest BCUT2D eigenvalue weighted by Gasteiger charge is -2.43. The zero-order valence-electron chi connectivity index (χ0n) is 17.5. The minimum absolute atomic E-state index is 0. The summed E-state index contributed by atoms with van der Waals surface area (Å²) in [6.07, 6.45) is 1.02. The molecule has 3 aromatic rings.